The van der Waals surface area contributed by atoms with Crippen LogP contribution in [0.4, 0.5) is 0 Å². The van der Waals surface area contributed by atoms with Crippen LogP contribution in [0.5, 0.6) is 0 Å². The average molecular weight is 344 g/mol. The number of fused-ring (bicyclic) bond motifs is 1. The topological polar surface area (TPSA) is 77.8 Å². The first-order valence-corrected chi connectivity index (χ1v) is 8.49. The number of imidazole rings is 1. The molecule has 0 radical (unpaired) electrons. The van der Waals surface area contributed by atoms with Gasteiger partial charge in [-0.15, -0.1) is 0 Å². The Morgan fingerprint density at radius 2 is 2.36 bits per heavy atom. The van der Waals surface area contributed by atoms with Crippen LogP contribution >= 0.6 is 0 Å². The minimum atomic E-state index is -0.190. The van der Waals surface area contributed by atoms with Gasteiger partial charge in [0.1, 0.15) is 5.69 Å². The molecule has 1 amide bonds. The molecule has 2 aromatic rings. The van der Waals surface area contributed by atoms with Crippen molar-refractivity contribution in [2.75, 3.05) is 19.8 Å². The van der Waals surface area contributed by atoms with E-state index in [0.29, 0.717) is 37.0 Å². The molecule has 7 heteroatoms. The third-order valence-electron chi connectivity index (χ3n) is 4.20. The number of rotatable bonds is 5. The van der Waals surface area contributed by atoms with E-state index in [-0.39, 0.29) is 18.1 Å². The number of hydrogen-bond donors (Lipinski definition) is 1. The Hall–Kier alpha value is -2.25. The quantitative estimate of drug-likeness (QED) is 0.839. The Balaban J connectivity index is 1.73. The number of amides is 1. The van der Waals surface area contributed by atoms with Crippen molar-refractivity contribution in [2.45, 2.75) is 39.3 Å². The van der Waals surface area contributed by atoms with E-state index in [9.17, 15) is 4.79 Å². The number of nitrogens with one attached hydrogen (secondary N) is 1. The molecule has 1 fully saturated rings. The lowest BCUT2D eigenvalue weighted by atomic mass is 10.1. The SMILES string of the molecule is CC(C)=CCO[C@@H]1CCOC[C@@H]1NC(=O)c1c(C)nc2ncccn12. The minimum Gasteiger partial charge on any atom is -0.379 e. The normalized spacial score (nSPS) is 20.4. The fraction of sp³-hybridized carbons (Fsp3) is 0.500. The van der Waals surface area contributed by atoms with Gasteiger partial charge in [0.15, 0.2) is 0 Å². The molecule has 3 rings (SSSR count). The van der Waals surface area contributed by atoms with Gasteiger partial charge in [0.2, 0.25) is 5.78 Å². The largest absolute Gasteiger partial charge is 0.379 e. The Kier molecular flexibility index (Phi) is 5.45. The lowest BCUT2D eigenvalue weighted by Gasteiger charge is -2.31. The van der Waals surface area contributed by atoms with Crippen LogP contribution in [-0.2, 0) is 9.47 Å². The highest BCUT2D eigenvalue weighted by molar-refractivity contribution is 5.94. The van der Waals surface area contributed by atoms with Crippen molar-refractivity contribution in [1.82, 2.24) is 19.7 Å². The Morgan fingerprint density at radius 1 is 1.52 bits per heavy atom. The molecule has 7 nitrogen and oxygen atoms in total. The molecule has 0 spiro atoms. The summed E-state index contributed by atoms with van der Waals surface area (Å²) in [7, 11) is 0. The number of ether oxygens (including phenoxy) is 2. The molecule has 0 aliphatic carbocycles. The lowest BCUT2D eigenvalue weighted by Crippen LogP contribution is -2.50. The van der Waals surface area contributed by atoms with Gasteiger partial charge in [0, 0.05) is 19.0 Å². The second-order valence-electron chi connectivity index (χ2n) is 6.43. The molecule has 1 N–H and O–H groups in total. The van der Waals surface area contributed by atoms with Crippen molar-refractivity contribution < 1.29 is 14.3 Å². The van der Waals surface area contributed by atoms with Gasteiger partial charge in [-0.1, -0.05) is 11.6 Å². The molecule has 0 aromatic carbocycles. The van der Waals surface area contributed by atoms with Gasteiger partial charge >= 0.3 is 0 Å². The van der Waals surface area contributed by atoms with Crippen LogP contribution in [0.3, 0.4) is 0 Å². The van der Waals surface area contributed by atoms with E-state index in [1.807, 2.05) is 26.8 Å². The van der Waals surface area contributed by atoms with E-state index in [1.54, 1.807) is 22.9 Å². The zero-order valence-corrected chi connectivity index (χ0v) is 14.9. The highest BCUT2D eigenvalue weighted by atomic mass is 16.5. The molecule has 1 aliphatic rings. The van der Waals surface area contributed by atoms with Crippen LogP contribution in [0.25, 0.3) is 5.78 Å². The highest BCUT2D eigenvalue weighted by Crippen LogP contribution is 2.15. The summed E-state index contributed by atoms with van der Waals surface area (Å²) in [6, 6.07) is 1.59. The van der Waals surface area contributed by atoms with E-state index in [2.05, 4.69) is 15.3 Å². The molecule has 2 aromatic heterocycles. The molecule has 0 unspecified atom stereocenters. The third kappa shape index (κ3) is 4.05. The molecule has 3 heterocycles. The Morgan fingerprint density at radius 3 is 3.16 bits per heavy atom. The molecule has 25 heavy (non-hydrogen) atoms. The maximum Gasteiger partial charge on any atom is 0.270 e. The average Bonchev–Trinajstić information content (AvgIpc) is 2.92. The summed E-state index contributed by atoms with van der Waals surface area (Å²) in [5, 5.41) is 3.04. The van der Waals surface area contributed by atoms with Gasteiger partial charge in [0.25, 0.3) is 5.91 Å². The fourth-order valence-corrected chi connectivity index (χ4v) is 2.90. The number of allylic oxidation sites excluding steroid dienone is 1. The van der Waals surface area contributed by atoms with Crippen LogP contribution in [0, 0.1) is 6.92 Å². The Bertz CT molecular complexity index is 780. The van der Waals surface area contributed by atoms with Gasteiger partial charge in [0.05, 0.1) is 31.1 Å². The van der Waals surface area contributed by atoms with E-state index >= 15 is 0 Å². The molecule has 1 aliphatic heterocycles. The standard InChI is InChI=1S/C18H24N4O3/c1-12(2)5-10-25-15-6-9-24-11-14(15)21-17(23)16-13(3)20-18-19-7-4-8-22(16)18/h4-5,7-8,14-15H,6,9-11H2,1-3H3,(H,21,23)/t14-,15+/m0/s1. The first-order valence-electron chi connectivity index (χ1n) is 8.49. The second kappa shape index (κ2) is 7.76. The summed E-state index contributed by atoms with van der Waals surface area (Å²) in [6.45, 7) is 7.51. The van der Waals surface area contributed by atoms with Gasteiger partial charge in [-0.05, 0) is 33.3 Å². The molecule has 0 saturated carbocycles. The molecule has 0 bridgehead atoms. The first kappa shape index (κ1) is 17.6. The second-order valence-corrected chi connectivity index (χ2v) is 6.43. The fourth-order valence-electron chi connectivity index (χ4n) is 2.90. The number of carbonyl (C=O) groups excluding carboxylic acids is 1. The molecular weight excluding hydrogens is 320 g/mol. The van der Waals surface area contributed by atoms with Gasteiger partial charge < -0.3 is 14.8 Å². The predicted octanol–water partition coefficient (Wildman–Crippen LogP) is 1.91. The van der Waals surface area contributed by atoms with Crippen molar-refractivity contribution in [2.24, 2.45) is 0 Å². The highest BCUT2D eigenvalue weighted by Gasteiger charge is 2.29. The van der Waals surface area contributed by atoms with Crippen LogP contribution < -0.4 is 5.32 Å². The summed E-state index contributed by atoms with van der Waals surface area (Å²) in [5.41, 5.74) is 2.35. The van der Waals surface area contributed by atoms with Crippen molar-refractivity contribution >= 4 is 11.7 Å². The van der Waals surface area contributed by atoms with Crippen LogP contribution in [0.2, 0.25) is 0 Å². The maximum atomic E-state index is 12.8. The number of aryl methyl sites for hydroxylation is 1. The summed E-state index contributed by atoms with van der Waals surface area (Å²) in [5.74, 6) is 0.325. The van der Waals surface area contributed by atoms with Crippen molar-refractivity contribution in [3.8, 4) is 0 Å². The zero-order chi connectivity index (χ0) is 17.8. The van der Waals surface area contributed by atoms with Crippen LogP contribution in [-0.4, -0.2) is 52.2 Å². The van der Waals surface area contributed by atoms with E-state index < -0.39 is 0 Å². The molecule has 1 saturated heterocycles. The van der Waals surface area contributed by atoms with Crippen molar-refractivity contribution in [3.63, 3.8) is 0 Å². The van der Waals surface area contributed by atoms with E-state index in [0.717, 1.165) is 6.42 Å². The summed E-state index contributed by atoms with van der Waals surface area (Å²) >= 11 is 0. The number of hydrogen-bond acceptors (Lipinski definition) is 5. The van der Waals surface area contributed by atoms with Crippen molar-refractivity contribution in [3.05, 3.63) is 41.5 Å². The van der Waals surface area contributed by atoms with Crippen molar-refractivity contribution in [1.29, 1.82) is 0 Å². The number of nitrogens with zero attached hydrogens (tertiary/aromatic N) is 3. The summed E-state index contributed by atoms with van der Waals surface area (Å²) in [6.07, 6.45) is 6.18. The summed E-state index contributed by atoms with van der Waals surface area (Å²) < 4.78 is 13.2. The minimum absolute atomic E-state index is 0.0640. The molecule has 2 atom stereocenters. The lowest BCUT2D eigenvalue weighted by molar-refractivity contribution is -0.0458. The smallest absolute Gasteiger partial charge is 0.270 e. The first-order chi connectivity index (χ1) is 12.1. The monoisotopic (exact) mass is 344 g/mol. The van der Waals surface area contributed by atoms with Crippen LogP contribution in [0.15, 0.2) is 30.1 Å². The summed E-state index contributed by atoms with van der Waals surface area (Å²) in [4.78, 5) is 21.3. The maximum absolute atomic E-state index is 12.8. The van der Waals surface area contributed by atoms with Crippen LogP contribution in [0.1, 0.15) is 36.5 Å². The predicted molar refractivity (Wildman–Crippen MR) is 93.6 cm³/mol. The number of carbonyl (C=O) groups is 1. The van der Waals surface area contributed by atoms with Gasteiger partial charge in [-0.2, -0.15) is 0 Å². The Labute approximate surface area is 147 Å². The van der Waals surface area contributed by atoms with Gasteiger partial charge in [-0.3, -0.25) is 9.20 Å². The van der Waals surface area contributed by atoms with E-state index in [1.165, 1.54) is 5.57 Å². The number of aromatic nitrogens is 3. The molecular formula is C18H24N4O3. The third-order valence-corrected chi connectivity index (χ3v) is 4.20. The van der Waals surface area contributed by atoms with E-state index in [4.69, 9.17) is 9.47 Å². The van der Waals surface area contributed by atoms with Gasteiger partial charge in [-0.25, -0.2) is 9.97 Å². The zero-order valence-electron chi connectivity index (χ0n) is 14.9. The molecule has 134 valence electrons.